The summed E-state index contributed by atoms with van der Waals surface area (Å²) < 4.78 is 0. The third-order valence-corrected chi connectivity index (χ3v) is 5.40. The third kappa shape index (κ3) is 5.45. The molecule has 2 heterocycles. The topological polar surface area (TPSA) is 35.5 Å². The number of hydrogen-bond donors (Lipinski definition) is 0. The first-order valence-corrected chi connectivity index (χ1v) is 10.5. The highest BCUT2D eigenvalue weighted by Gasteiger charge is 2.18. The SMILES string of the molecule is CN(Cc1ccccc1)c1nccc(N2CCN(C/C=C/c3ccccc3)CC2)n1. The van der Waals surface area contributed by atoms with Gasteiger partial charge in [-0.25, -0.2) is 4.98 Å². The number of hydrogen-bond acceptors (Lipinski definition) is 5. The van der Waals surface area contributed by atoms with E-state index in [0.29, 0.717) is 0 Å². The maximum atomic E-state index is 4.83. The minimum atomic E-state index is 0.768. The predicted octanol–water partition coefficient (Wildman–Crippen LogP) is 3.95. The molecule has 0 saturated carbocycles. The number of piperazine rings is 1. The zero-order valence-corrected chi connectivity index (χ0v) is 17.6. The fraction of sp³-hybridized carbons (Fsp3) is 0.280. The molecule has 0 spiro atoms. The van der Waals surface area contributed by atoms with Gasteiger partial charge >= 0.3 is 0 Å². The molecule has 1 saturated heterocycles. The van der Waals surface area contributed by atoms with Crippen molar-refractivity contribution in [1.82, 2.24) is 14.9 Å². The van der Waals surface area contributed by atoms with E-state index in [-0.39, 0.29) is 0 Å². The minimum Gasteiger partial charge on any atom is -0.354 e. The number of rotatable bonds is 7. The van der Waals surface area contributed by atoms with Gasteiger partial charge in [-0.1, -0.05) is 72.8 Å². The van der Waals surface area contributed by atoms with Crippen molar-refractivity contribution < 1.29 is 0 Å². The van der Waals surface area contributed by atoms with E-state index in [1.165, 1.54) is 11.1 Å². The minimum absolute atomic E-state index is 0.768. The first-order chi connectivity index (χ1) is 14.8. The Morgan fingerprint density at radius 2 is 1.60 bits per heavy atom. The Bertz CT molecular complexity index is 934. The molecule has 5 heteroatoms. The second kappa shape index (κ2) is 10.0. The third-order valence-electron chi connectivity index (χ3n) is 5.40. The molecule has 1 aliphatic heterocycles. The summed E-state index contributed by atoms with van der Waals surface area (Å²) in [4.78, 5) is 16.3. The normalized spacial score (nSPS) is 14.9. The molecule has 3 aromatic rings. The van der Waals surface area contributed by atoms with Gasteiger partial charge in [-0.3, -0.25) is 4.90 Å². The standard InChI is InChI=1S/C25H29N5/c1-28(21-23-11-6-3-7-12-23)25-26-15-14-24(27-25)30-19-17-29(18-20-30)16-8-13-22-9-4-2-5-10-22/h2-15H,16-21H2,1H3/b13-8+. The summed E-state index contributed by atoms with van der Waals surface area (Å²) in [7, 11) is 2.04. The molecule has 1 aliphatic rings. The Morgan fingerprint density at radius 1 is 0.900 bits per heavy atom. The lowest BCUT2D eigenvalue weighted by Gasteiger charge is -2.35. The number of nitrogens with zero attached hydrogens (tertiary/aromatic N) is 5. The molecular weight excluding hydrogens is 370 g/mol. The van der Waals surface area contributed by atoms with Crippen molar-refractivity contribution in [3.8, 4) is 0 Å². The lowest BCUT2D eigenvalue weighted by molar-refractivity contribution is 0.283. The molecule has 0 N–H and O–H groups in total. The summed E-state index contributed by atoms with van der Waals surface area (Å²) in [5, 5.41) is 0. The maximum absolute atomic E-state index is 4.83. The second-order valence-corrected chi connectivity index (χ2v) is 7.66. The lowest BCUT2D eigenvalue weighted by Crippen LogP contribution is -2.46. The smallest absolute Gasteiger partial charge is 0.227 e. The average Bonchev–Trinajstić information content (AvgIpc) is 2.81. The Balaban J connectivity index is 1.30. The van der Waals surface area contributed by atoms with Crippen LogP contribution >= 0.6 is 0 Å². The molecule has 0 bridgehead atoms. The van der Waals surface area contributed by atoms with Crippen molar-refractivity contribution in [2.75, 3.05) is 49.6 Å². The molecule has 0 aliphatic carbocycles. The number of anilines is 2. The van der Waals surface area contributed by atoms with Crippen LogP contribution in [-0.2, 0) is 6.54 Å². The van der Waals surface area contributed by atoms with Gasteiger partial charge in [0.25, 0.3) is 0 Å². The molecule has 4 rings (SSSR count). The van der Waals surface area contributed by atoms with Crippen molar-refractivity contribution in [2.24, 2.45) is 0 Å². The van der Waals surface area contributed by atoms with Gasteiger partial charge in [0.15, 0.2) is 0 Å². The van der Waals surface area contributed by atoms with Crippen molar-refractivity contribution in [1.29, 1.82) is 0 Å². The van der Waals surface area contributed by atoms with Crippen molar-refractivity contribution >= 4 is 17.8 Å². The first kappa shape index (κ1) is 20.1. The predicted molar refractivity (Wildman–Crippen MR) is 125 cm³/mol. The van der Waals surface area contributed by atoms with Crippen LogP contribution < -0.4 is 9.80 Å². The summed E-state index contributed by atoms with van der Waals surface area (Å²) in [5.74, 6) is 1.78. The van der Waals surface area contributed by atoms with Gasteiger partial charge in [0.05, 0.1) is 0 Å². The van der Waals surface area contributed by atoms with E-state index in [2.05, 4.69) is 86.4 Å². The van der Waals surface area contributed by atoms with E-state index in [9.17, 15) is 0 Å². The quantitative estimate of drug-likeness (QED) is 0.601. The highest BCUT2D eigenvalue weighted by atomic mass is 15.3. The van der Waals surface area contributed by atoms with Crippen LogP contribution in [0.5, 0.6) is 0 Å². The zero-order chi connectivity index (χ0) is 20.6. The molecule has 1 aromatic heterocycles. The highest BCUT2D eigenvalue weighted by molar-refractivity contribution is 5.49. The van der Waals surface area contributed by atoms with Gasteiger partial charge < -0.3 is 9.80 Å². The van der Waals surface area contributed by atoms with Crippen LogP contribution in [0.4, 0.5) is 11.8 Å². The fourth-order valence-corrected chi connectivity index (χ4v) is 3.69. The van der Waals surface area contributed by atoms with Gasteiger partial charge in [-0.05, 0) is 17.2 Å². The Hall–Kier alpha value is -3.18. The van der Waals surface area contributed by atoms with Gasteiger partial charge in [0.2, 0.25) is 5.95 Å². The fourth-order valence-electron chi connectivity index (χ4n) is 3.69. The molecule has 154 valence electrons. The second-order valence-electron chi connectivity index (χ2n) is 7.66. The average molecular weight is 400 g/mol. The maximum Gasteiger partial charge on any atom is 0.227 e. The van der Waals surface area contributed by atoms with Gasteiger partial charge in [-0.2, -0.15) is 4.98 Å². The molecular formula is C25H29N5. The van der Waals surface area contributed by atoms with Crippen molar-refractivity contribution in [3.63, 3.8) is 0 Å². The van der Waals surface area contributed by atoms with E-state index in [4.69, 9.17) is 4.98 Å². The number of aromatic nitrogens is 2. The van der Waals surface area contributed by atoms with E-state index in [1.54, 1.807) is 0 Å². The molecule has 5 nitrogen and oxygen atoms in total. The van der Waals surface area contributed by atoms with E-state index in [0.717, 1.165) is 51.0 Å². The molecule has 30 heavy (non-hydrogen) atoms. The van der Waals surface area contributed by atoms with Gasteiger partial charge in [-0.15, -0.1) is 0 Å². The highest BCUT2D eigenvalue weighted by Crippen LogP contribution is 2.17. The van der Waals surface area contributed by atoms with Crippen LogP contribution in [0.1, 0.15) is 11.1 Å². The summed E-state index contributed by atoms with van der Waals surface area (Å²) in [5.41, 5.74) is 2.51. The summed E-state index contributed by atoms with van der Waals surface area (Å²) >= 11 is 0. The van der Waals surface area contributed by atoms with E-state index >= 15 is 0 Å². The first-order valence-electron chi connectivity index (χ1n) is 10.5. The lowest BCUT2D eigenvalue weighted by atomic mass is 10.2. The summed E-state index contributed by atoms with van der Waals surface area (Å²) in [6, 6.07) is 22.9. The number of benzene rings is 2. The van der Waals surface area contributed by atoms with Gasteiger partial charge in [0.1, 0.15) is 5.82 Å². The Labute approximate surface area is 179 Å². The Morgan fingerprint density at radius 3 is 2.33 bits per heavy atom. The van der Waals surface area contributed by atoms with Gasteiger partial charge in [0, 0.05) is 52.5 Å². The molecule has 0 amide bonds. The van der Waals surface area contributed by atoms with E-state index < -0.39 is 0 Å². The monoisotopic (exact) mass is 399 g/mol. The summed E-state index contributed by atoms with van der Waals surface area (Å²) in [6.07, 6.45) is 6.33. The summed E-state index contributed by atoms with van der Waals surface area (Å²) in [6.45, 7) is 5.83. The van der Waals surface area contributed by atoms with E-state index in [1.807, 2.05) is 25.4 Å². The molecule has 0 unspecified atom stereocenters. The van der Waals surface area contributed by atoms with Crippen LogP contribution in [0.3, 0.4) is 0 Å². The Kier molecular flexibility index (Phi) is 6.72. The van der Waals surface area contributed by atoms with Crippen LogP contribution in [0.2, 0.25) is 0 Å². The van der Waals surface area contributed by atoms with Crippen molar-refractivity contribution in [2.45, 2.75) is 6.54 Å². The van der Waals surface area contributed by atoms with Crippen LogP contribution in [0, 0.1) is 0 Å². The largest absolute Gasteiger partial charge is 0.354 e. The molecule has 1 fully saturated rings. The van der Waals surface area contributed by atoms with Crippen LogP contribution in [0.25, 0.3) is 6.08 Å². The molecule has 0 radical (unpaired) electrons. The van der Waals surface area contributed by atoms with Crippen molar-refractivity contribution in [3.05, 3.63) is 90.1 Å². The van der Waals surface area contributed by atoms with Crippen LogP contribution in [0.15, 0.2) is 79.0 Å². The molecule has 2 aromatic carbocycles. The molecule has 0 atom stereocenters. The van der Waals surface area contributed by atoms with Crippen LogP contribution in [-0.4, -0.2) is 54.6 Å². The zero-order valence-electron chi connectivity index (χ0n) is 17.6.